The second kappa shape index (κ2) is 9.01. The van der Waals surface area contributed by atoms with Crippen molar-refractivity contribution in [2.75, 3.05) is 32.8 Å². The molecular weight excluding hydrogens is 248 g/mol. The zero-order valence-corrected chi connectivity index (χ0v) is 14.4. The van der Waals surface area contributed by atoms with Crippen LogP contribution in [-0.4, -0.2) is 49.3 Å². The Kier molecular flexibility index (Phi) is 8.08. The predicted molar refractivity (Wildman–Crippen MR) is 87.2 cm³/mol. The summed E-state index contributed by atoms with van der Waals surface area (Å²) >= 11 is 0. The van der Waals surface area contributed by atoms with Crippen LogP contribution in [0.1, 0.15) is 60.3 Å². The number of nitrogens with one attached hydrogen (secondary N) is 1. The largest absolute Gasteiger partial charge is 0.381 e. The molecular formula is C17H36N2O. The van der Waals surface area contributed by atoms with Crippen LogP contribution < -0.4 is 5.32 Å². The minimum atomic E-state index is 0.338. The average molecular weight is 284 g/mol. The lowest BCUT2D eigenvalue weighted by atomic mass is 9.88. The first-order valence-electron chi connectivity index (χ1n) is 8.63. The highest BCUT2D eigenvalue weighted by Gasteiger charge is 2.35. The van der Waals surface area contributed by atoms with Gasteiger partial charge in [0.1, 0.15) is 0 Å². The molecule has 0 aromatic rings. The third-order valence-electron chi connectivity index (χ3n) is 4.74. The smallest absolute Gasteiger partial charge is 0.0489 e. The van der Waals surface area contributed by atoms with Gasteiger partial charge >= 0.3 is 0 Å². The van der Waals surface area contributed by atoms with Gasteiger partial charge in [-0.15, -0.1) is 0 Å². The second-order valence-electron chi connectivity index (χ2n) is 6.72. The van der Waals surface area contributed by atoms with Crippen LogP contribution in [0.5, 0.6) is 0 Å². The maximum atomic E-state index is 5.72. The molecule has 1 heterocycles. The van der Waals surface area contributed by atoms with Crippen molar-refractivity contribution < 1.29 is 4.74 Å². The molecule has 0 aromatic heterocycles. The molecule has 3 nitrogen and oxygen atoms in total. The van der Waals surface area contributed by atoms with E-state index in [1.54, 1.807) is 0 Å². The third-order valence-corrected chi connectivity index (χ3v) is 4.74. The molecule has 1 atom stereocenters. The van der Waals surface area contributed by atoms with Crippen LogP contribution in [0.3, 0.4) is 0 Å². The van der Waals surface area contributed by atoms with Crippen molar-refractivity contribution in [3.63, 3.8) is 0 Å². The Morgan fingerprint density at radius 2 is 1.95 bits per heavy atom. The van der Waals surface area contributed by atoms with E-state index in [-0.39, 0.29) is 0 Å². The van der Waals surface area contributed by atoms with Crippen LogP contribution in [0.25, 0.3) is 0 Å². The van der Waals surface area contributed by atoms with Crippen LogP contribution in [0, 0.1) is 5.92 Å². The maximum Gasteiger partial charge on any atom is 0.0489 e. The molecule has 0 spiro atoms. The highest BCUT2D eigenvalue weighted by Crippen LogP contribution is 2.23. The fourth-order valence-electron chi connectivity index (χ4n) is 3.11. The number of ether oxygens (including phenoxy) is 1. The zero-order chi connectivity index (χ0) is 15.0. The van der Waals surface area contributed by atoms with E-state index in [2.05, 4.69) is 44.8 Å². The fraction of sp³-hybridized carbons (Fsp3) is 1.00. The molecule has 1 saturated heterocycles. The summed E-state index contributed by atoms with van der Waals surface area (Å²) in [4.78, 5) is 2.70. The number of nitrogens with zero attached hydrogens (tertiary/aromatic N) is 1. The summed E-state index contributed by atoms with van der Waals surface area (Å²) in [6.07, 6.45) is 4.84. The average Bonchev–Trinajstić information content (AvgIpc) is 2.46. The highest BCUT2D eigenvalue weighted by atomic mass is 16.5. The Morgan fingerprint density at radius 1 is 1.25 bits per heavy atom. The van der Waals surface area contributed by atoms with Crippen molar-refractivity contribution in [1.82, 2.24) is 10.2 Å². The fourth-order valence-corrected chi connectivity index (χ4v) is 3.11. The summed E-state index contributed by atoms with van der Waals surface area (Å²) in [7, 11) is 0. The Balaban J connectivity index is 2.38. The van der Waals surface area contributed by atoms with Gasteiger partial charge in [0.15, 0.2) is 0 Å². The van der Waals surface area contributed by atoms with Crippen LogP contribution >= 0.6 is 0 Å². The lowest BCUT2D eigenvalue weighted by molar-refractivity contribution is 0.0524. The quantitative estimate of drug-likeness (QED) is 0.658. The highest BCUT2D eigenvalue weighted by molar-refractivity contribution is 4.96. The number of piperazine rings is 1. The van der Waals surface area contributed by atoms with Gasteiger partial charge in [0.2, 0.25) is 0 Å². The van der Waals surface area contributed by atoms with Crippen molar-refractivity contribution in [3.05, 3.63) is 0 Å². The van der Waals surface area contributed by atoms with E-state index in [1.165, 1.54) is 32.4 Å². The van der Waals surface area contributed by atoms with Gasteiger partial charge in [0, 0.05) is 44.4 Å². The molecule has 0 saturated carbocycles. The van der Waals surface area contributed by atoms with Crippen molar-refractivity contribution >= 4 is 0 Å². The normalized spacial score (nSPS) is 23.4. The van der Waals surface area contributed by atoms with E-state index < -0.39 is 0 Å². The topological polar surface area (TPSA) is 24.5 Å². The van der Waals surface area contributed by atoms with Crippen LogP contribution in [0.2, 0.25) is 0 Å². The molecule has 0 aliphatic carbocycles. The molecule has 0 bridgehead atoms. The summed E-state index contributed by atoms with van der Waals surface area (Å²) in [5.74, 6) is 0.644. The van der Waals surface area contributed by atoms with E-state index in [0.29, 0.717) is 17.5 Å². The van der Waals surface area contributed by atoms with Gasteiger partial charge in [0.05, 0.1) is 0 Å². The lowest BCUT2D eigenvalue weighted by Crippen LogP contribution is -2.63. The van der Waals surface area contributed by atoms with Crippen molar-refractivity contribution in [1.29, 1.82) is 0 Å². The van der Waals surface area contributed by atoms with E-state index in [4.69, 9.17) is 4.74 Å². The van der Waals surface area contributed by atoms with Crippen LogP contribution in [0.4, 0.5) is 0 Å². The molecule has 3 heteroatoms. The Hall–Kier alpha value is -0.120. The Morgan fingerprint density at radius 3 is 2.50 bits per heavy atom. The van der Waals surface area contributed by atoms with Gasteiger partial charge in [-0.25, -0.2) is 0 Å². The molecule has 0 aromatic carbocycles. The maximum absolute atomic E-state index is 5.72. The summed E-state index contributed by atoms with van der Waals surface area (Å²) in [5, 5.41) is 3.81. The van der Waals surface area contributed by atoms with Gasteiger partial charge in [-0.1, -0.05) is 34.6 Å². The van der Waals surface area contributed by atoms with Crippen LogP contribution in [-0.2, 0) is 4.74 Å². The van der Waals surface area contributed by atoms with Crippen LogP contribution in [0.15, 0.2) is 0 Å². The Labute approximate surface area is 126 Å². The molecule has 0 amide bonds. The van der Waals surface area contributed by atoms with Gasteiger partial charge in [-0.2, -0.15) is 0 Å². The minimum absolute atomic E-state index is 0.338. The van der Waals surface area contributed by atoms with E-state index in [0.717, 1.165) is 26.2 Å². The lowest BCUT2D eigenvalue weighted by Gasteiger charge is -2.47. The van der Waals surface area contributed by atoms with Crippen molar-refractivity contribution in [2.24, 2.45) is 5.92 Å². The summed E-state index contributed by atoms with van der Waals surface area (Å²) in [6.45, 7) is 16.7. The van der Waals surface area contributed by atoms with Gasteiger partial charge in [-0.3, -0.25) is 4.90 Å². The molecule has 1 rings (SSSR count). The summed E-state index contributed by atoms with van der Waals surface area (Å²) < 4.78 is 5.72. The zero-order valence-electron chi connectivity index (χ0n) is 14.4. The van der Waals surface area contributed by atoms with Crippen molar-refractivity contribution in [2.45, 2.75) is 71.9 Å². The molecule has 1 unspecified atom stereocenters. The predicted octanol–water partition coefficient (Wildman–Crippen LogP) is 3.29. The second-order valence-corrected chi connectivity index (χ2v) is 6.72. The molecule has 1 N–H and O–H groups in total. The van der Waals surface area contributed by atoms with E-state index in [1.807, 2.05) is 0 Å². The Bertz CT molecular complexity index is 251. The number of hydrogen-bond acceptors (Lipinski definition) is 3. The van der Waals surface area contributed by atoms with E-state index >= 15 is 0 Å². The van der Waals surface area contributed by atoms with Gasteiger partial charge in [0.25, 0.3) is 0 Å². The molecule has 1 aliphatic heterocycles. The molecule has 0 radical (unpaired) electrons. The number of hydrogen-bond donors (Lipinski definition) is 1. The molecule has 1 fully saturated rings. The van der Waals surface area contributed by atoms with Gasteiger partial charge < -0.3 is 10.1 Å². The molecule has 1 aliphatic rings. The minimum Gasteiger partial charge on any atom is -0.381 e. The molecule has 120 valence electrons. The van der Waals surface area contributed by atoms with Crippen molar-refractivity contribution in [3.8, 4) is 0 Å². The molecule has 20 heavy (non-hydrogen) atoms. The SMILES string of the molecule is CCC1CNC(CC)(CC)CN1CCCOCC(C)C. The number of rotatable bonds is 9. The van der Waals surface area contributed by atoms with Gasteiger partial charge in [-0.05, 0) is 31.6 Å². The summed E-state index contributed by atoms with van der Waals surface area (Å²) in [5.41, 5.74) is 0.338. The summed E-state index contributed by atoms with van der Waals surface area (Å²) in [6, 6.07) is 0.700. The monoisotopic (exact) mass is 284 g/mol. The standard InChI is InChI=1S/C17H36N2O/c1-6-16-12-18-17(7-2,8-3)14-19(16)10-9-11-20-13-15(4)5/h15-16,18H,6-14H2,1-5H3. The third kappa shape index (κ3) is 5.34. The van der Waals surface area contributed by atoms with E-state index in [9.17, 15) is 0 Å². The first kappa shape index (κ1) is 17.9. The first-order valence-corrected chi connectivity index (χ1v) is 8.63. The first-order chi connectivity index (χ1) is 9.56.